The third-order valence-corrected chi connectivity index (χ3v) is 7.98. The van der Waals surface area contributed by atoms with Gasteiger partial charge in [0.15, 0.2) is 18.1 Å². The number of rotatable bonds is 4. The van der Waals surface area contributed by atoms with Crippen molar-refractivity contribution < 1.29 is 9.15 Å². The van der Waals surface area contributed by atoms with Crippen molar-refractivity contribution in [3.05, 3.63) is 93.5 Å². The van der Waals surface area contributed by atoms with Crippen LogP contribution in [0.3, 0.4) is 0 Å². The van der Waals surface area contributed by atoms with Crippen LogP contribution in [0.4, 0.5) is 0 Å². The molecule has 5 aromatic rings. The Morgan fingerprint density at radius 3 is 1.97 bits per heavy atom. The summed E-state index contributed by atoms with van der Waals surface area (Å²) in [4.78, 5) is 1.32. The molecule has 0 saturated heterocycles. The maximum absolute atomic E-state index is 5.90. The van der Waals surface area contributed by atoms with Gasteiger partial charge in [-0.3, -0.25) is 0 Å². The molecule has 2 nitrogen and oxygen atoms in total. The highest BCUT2D eigenvalue weighted by Gasteiger charge is 2.23. The number of benzene rings is 3. The first-order valence-electron chi connectivity index (χ1n) is 9.51. The molecule has 2 aromatic heterocycles. The fourth-order valence-electron chi connectivity index (χ4n) is 3.69. The van der Waals surface area contributed by atoms with Crippen LogP contribution in [-0.2, 0) is 6.61 Å². The van der Waals surface area contributed by atoms with Crippen LogP contribution in [0.25, 0.3) is 25.1 Å². The van der Waals surface area contributed by atoms with Gasteiger partial charge in [-0.25, -0.2) is 0 Å². The summed E-state index contributed by atoms with van der Waals surface area (Å²) < 4.78 is 15.2. The van der Waals surface area contributed by atoms with E-state index in [-0.39, 0.29) is 10.5 Å². The van der Waals surface area contributed by atoms with E-state index in [2.05, 4.69) is 97.1 Å². The number of aryl methyl sites for hydroxylation is 2. The quantitative estimate of drug-likeness (QED) is 0.180. The molecule has 0 aliphatic rings. The lowest BCUT2D eigenvalue weighted by molar-refractivity contribution is 0.267. The Morgan fingerprint density at radius 2 is 1.41 bits per heavy atom. The molecule has 5 rings (SSSR count). The van der Waals surface area contributed by atoms with E-state index in [4.69, 9.17) is 9.15 Å². The molecule has 0 atom stereocenters. The molecule has 0 aliphatic carbocycles. The van der Waals surface area contributed by atoms with Gasteiger partial charge in [-0.1, -0.05) is 23.3 Å². The SMILES string of the molecule is Cc1ccc2c(c1)c1cc(C)ccc1[s+]2-c1ccc(OCc2ccc(I)o2)cc1. The molecule has 29 heavy (non-hydrogen) atoms. The van der Waals surface area contributed by atoms with E-state index in [1.165, 1.54) is 36.2 Å². The van der Waals surface area contributed by atoms with E-state index in [0.29, 0.717) is 6.61 Å². The normalized spacial score (nSPS) is 11.4. The van der Waals surface area contributed by atoms with Gasteiger partial charge < -0.3 is 9.15 Å². The molecule has 3 aromatic carbocycles. The van der Waals surface area contributed by atoms with Crippen LogP contribution >= 0.6 is 33.1 Å². The standard InChI is InChI=1S/C25H20IO2S/c1-16-3-10-23-21(13-16)22-14-17(2)4-11-24(22)29(23)20-8-5-18(6-9-20)27-15-19-7-12-25(26)28-19/h3-14H,15H2,1-2H3/q+1. The first kappa shape index (κ1) is 18.7. The Bertz CT molecular complexity index is 1270. The third-order valence-electron chi connectivity index (χ3n) is 5.07. The van der Waals surface area contributed by atoms with Crippen LogP contribution in [0, 0.1) is 17.6 Å². The molecule has 0 radical (unpaired) electrons. The van der Waals surface area contributed by atoms with Gasteiger partial charge in [-0.05, 0) is 85.0 Å². The molecule has 0 fully saturated rings. The predicted molar refractivity (Wildman–Crippen MR) is 131 cm³/mol. The molecule has 4 heteroatoms. The van der Waals surface area contributed by atoms with Crippen LogP contribution in [0.5, 0.6) is 5.75 Å². The highest BCUT2D eigenvalue weighted by atomic mass is 127. The predicted octanol–water partition coefficient (Wildman–Crippen LogP) is 8.12. The Labute approximate surface area is 186 Å². The van der Waals surface area contributed by atoms with E-state index in [1.54, 1.807) is 0 Å². The Kier molecular flexibility index (Phi) is 4.84. The lowest BCUT2D eigenvalue weighted by atomic mass is 10.1. The van der Waals surface area contributed by atoms with Crippen LogP contribution in [0.1, 0.15) is 16.9 Å². The summed E-state index contributed by atoms with van der Waals surface area (Å²) in [6.07, 6.45) is 0. The molecule has 0 saturated carbocycles. The summed E-state index contributed by atoms with van der Waals surface area (Å²) in [6.45, 7) is 4.77. The van der Waals surface area contributed by atoms with Crippen LogP contribution in [0.2, 0.25) is 0 Å². The first-order chi connectivity index (χ1) is 14.1. The number of hydrogen-bond donors (Lipinski definition) is 0. The minimum absolute atomic E-state index is 0.0770. The molecule has 2 heterocycles. The molecule has 144 valence electrons. The third kappa shape index (κ3) is 3.55. The fourth-order valence-corrected chi connectivity index (χ4v) is 6.49. The molecule has 0 bridgehead atoms. The summed E-state index contributed by atoms with van der Waals surface area (Å²) in [5, 5.41) is 2.75. The molecule has 0 N–H and O–H groups in total. The van der Waals surface area contributed by atoms with Crippen molar-refractivity contribution in [2.24, 2.45) is 0 Å². The highest BCUT2D eigenvalue weighted by molar-refractivity contribution is 14.1. The monoisotopic (exact) mass is 511 g/mol. The second-order valence-electron chi connectivity index (χ2n) is 7.27. The zero-order chi connectivity index (χ0) is 20.0. The summed E-state index contributed by atoms with van der Waals surface area (Å²) in [5.74, 6) is 1.70. The minimum Gasteiger partial charge on any atom is -0.486 e. The lowest BCUT2D eigenvalue weighted by Gasteiger charge is -2.03. The largest absolute Gasteiger partial charge is 0.486 e. The summed E-state index contributed by atoms with van der Waals surface area (Å²) in [5.41, 5.74) is 2.61. The van der Waals surface area contributed by atoms with Crippen molar-refractivity contribution in [3.8, 4) is 10.6 Å². The van der Waals surface area contributed by atoms with Crippen molar-refractivity contribution >= 4 is 53.2 Å². The number of furan rings is 1. The fraction of sp³-hybridized carbons (Fsp3) is 0.120. The lowest BCUT2D eigenvalue weighted by Crippen LogP contribution is -1.93. The van der Waals surface area contributed by atoms with E-state index in [9.17, 15) is 0 Å². The van der Waals surface area contributed by atoms with Gasteiger partial charge in [-0.2, -0.15) is 0 Å². The Hall–Kier alpha value is -2.31. The van der Waals surface area contributed by atoms with Crippen molar-refractivity contribution in [2.45, 2.75) is 20.5 Å². The van der Waals surface area contributed by atoms with Crippen molar-refractivity contribution in [1.82, 2.24) is 0 Å². The zero-order valence-corrected chi connectivity index (χ0v) is 19.2. The number of ether oxygens (including phenoxy) is 1. The van der Waals surface area contributed by atoms with Gasteiger partial charge in [0.2, 0.25) is 0 Å². The van der Waals surface area contributed by atoms with Crippen molar-refractivity contribution in [3.63, 3.8) is 0 Å². The van der Waals surface area contributed by atoms with Gasteiger partial charge >= 0.3 is 0 Å². The van der Waals surface area contributed by atoms with Gasteiger partial charge in [0.25, 0.3) is 0 Å². The van der Waals surface area contributed by atoms with E-state index in [0.717, 1.165) is 15.3 Å². The molecule has 0 unspecified atom stereocenters. The summed E-state index contributed by atoms with van der Waals surface area (Å²) >= 11 is 2.16. The average Bonchev–Trinajstić information content (AvgIpc) is 3.27. The van der Waals surface area contributed by atoms with Crippen LogP contribution < -0.4 is 4.74 Å². The van der Waals surface area contributed by atoms with Crippen molar-refractivity contribution in [1.29, 1.82) is 0 Å². The van der Waals surface area contributed by atoms with Gasteiger partial charge in [0, 0.05) is 33.4 Å². The van der Waals surface area contributed by atoms with E-state index < -0.39 is 0 Å². The second kappa shape index (κ2) is 7.50. The van der Waals surface area contributed by atoms with E-state index >= 15 is 0 Å². The van der Waals surface area contributed by atoms with Gasteiger partial charge in [0.05, 0.1) is 0 Å². The maximum atomic E-state index is 5.90. The highest BCUT2D eigenvalue weighted by Crippen LogP contribution is 2.48. The number of thiophene rings is 1. The zero-order valence-electron chi connectivity index (χ0n) is 16.2. The topological polar surface area (TPSA) is 22.4 Å². The minimum atomic E-state index is -0.0770. The maximum Gasteiger partial charge on any atom is 0.187 e. The first-order valence-corrected chi connectivity index (χ1v) is 11.8. The molecule has 0 spiro atoms. The van der Waals surface area contributed by atoms with E-state index in [1.807, 2.05) is 12.1 Å². The molecular formula is C25H20IO2S+. The van der Waals surface area contributed by atoms with Crippen LogP contribution in [0.15, 0.2) is 77.2 Å². The van der Waals surface area contributed by atoms with Crippen molar-refractivity contribution in [2.75, 3.05) is 0 Å². The second-order valence-corrected chi connectivity index (χ2v) is 10.3. The average molecular weight is 511 g/mol. The molecule has 0 aliphatic heterocycles. The molecule has 0 amide bonds. The smallest absolute Gasteiger partial charge is 0.187 e. The number of halogens is 1. The summed E-state index contributed by atoms with van der Waals surface area (Å²) in [6, 6.07) is 26.1. The number of fused-ring (bicyclic) bond motifs is 3. The number of hydrogen-bond acceptors (Lipinski definition) is 2. The summed E-state index contributed by atoms with van der Waals surface area (Å²) in [7, 11) is -0.0770. The van der Waals surface area contributed by atoms with Gasteiger partial charge in [-0.15, -0.1) is 0 Å². The Morgan fingerprint density at radius 1 is 0.793 bits per heavy atom. The van der Waals surface area contributed by atoms with Gasteiger partial charge in [0.1, 0.15) is 18.1 Å². The van der Waals surface area contributed by atoms with Crippen LogP contribution in [-0.4, -0.2) is 0 Å². The Balaban J connectivity index is 1.54. The molecular weight excluding hydrogens is 491 g/mol.